The summed E-state index contributed by atoms with van der Waals surface area (Å²) >= 11 is 0. The molecule has 3 rings (SSSR count). The summed E-state index contributed by atoms with van der Waals surface area (Å²) in [4.78, 5) is 17.7. The first-order valence-electron chi connectivity index (χ1n) is 8.07. The molecule has 3 N–H and O–H groups in total. The number of nitrogen functional groups attached to an aromatic ring is 1. The number of rotatable bonds is 6. The minimum Gasteiger partial charge on any atom is -0.492 e. The fourth-order valence-electron chi connectivity index (χ4n) is 2.67. The number of carbonyl (C=O) groups is 1. The summed E-state index contributed by atoms with van der Waals surface area (Å²) in [7, 11) is 0. The molecule has 1 fully saturated rings. The lowest BCUT2D eigenvalue weighted by Gasteiger charge is -2.15. The first kappa shape index (κ1) is 16.3. The highest BCUT2D eigenvalue weighted by Gasteiger charge is 2.11. The number of nitrogens with two attached hydrogens (primary N) is 1. The van der Waals surface area contributed by atoms with Crippen molar-refractivity contribution in [2.75, 3.05) is 37.3 Å². The average molecular weight is 330 g/mol. The third-order valence-corrected chi connectivity index (χ3v) is 3.92. The number of carbonyl (C=O) groups excluding carboxylic acids is 1. The van der Waals surface area contributed by atoms with Gasteiger partial charge < -0.3 is 15.8 Å². The lowest BCUT2D eigenvalue weighted by Crippen LogP contribution is -2.25. The Bertz CT molecular complexity index is 691. The van der Waals surface area contributed by atoms with Gasteiger partial charge in [-0.25, -0.2) is 0 Å². The topological polar surface area (TPSA) is 98.3 Å². The zero-order valence-corrected chi connectivity index (χ0v) is 13.7. The van der Waals surface area contributed by atoms with Crippen LogP contribution in [0.15, 0.2) is 24.3 Å². The van der Waals surface area contributed by atoms with Gasteiger partial charge in [0.25, 0.3) is 0 Å². The van der Waals surface area contributed by atoms with Crippen LogP contribution in [0.2, 0.25) is 0 Å². The van der Waals surface area contributed by atoms with Crippen molar-refractivity contribution in [2.24, 2.45) is 0 Å². The number of aromatic nitrogens is 3. The number of benzene rings is 1. The maximum atomic E-state index is 11.3. The van der Waals surface area contributed by atoms with E-state index in [1.807, 2.05) is 24.3 Å². The molecule has 0 unspecified atom stereocenters. The Morgan fingerprint density at radius 1 is 1.29 bits per heavy atom. The predicted octanol–water partition coefficient (Wildman–Crippen LogP) is 1.74. The molecule has 0 bridgehead atoms. The van der Waals surface area contributed by atoms with E-state index in [0.29, 0.717) is 6.61 Å². The molecule has 1 aliphatic rings. The van der Waals surface area contributed by atoms with Gasteiger partial charge in [0.15, 0.2) is 0 Å². The Balaban J connectivity index is 1.52. The van der Waals surface area contributed by atoms with Crippen LogP contribution in [-0.4, -0.2) is 51.8 Å². The number of likely N-dealkylation sites (tertiary alicyclic amines) is 1. The molecule has 0 atom stereocenters. The Morgan fingerprint density at radius 2 is 2.00 bits per heavy atom. The minimum absolute atomic E-state index is 0.0619. The number of nitrogens with one attached hydrogen (secondary N) is 1. The van der Waals surface area contributed by atoms with Crippen molar-refractivity contribution in [3.05, 3.63) is 24.3 Å². The van der Waals surface area contributed by atoms with E-state index in [1.165, 1.54) is 32.9 Å². The molecular weight excluding hydrogens is 308 g/mol. The van der Waals surface area contributed by atoms with E-state index in [0.717, 1.165) is 22.7 Å². The van der Waals surface area contributed by atoms with Crippen LogP contribution >= 0.6 is 0 Å². The van der Waals surface area contributed by atoms with Crippen LogP contribution in [0, 0.1) is 0 Å². The van der Waals surface area contributed by atoms with Crippen molar-refractivity contribution in [3.8, 4) is 5.75 Å². The van der Waals surface area contributed by atoms with Gasteiger partial charge in [-0.2, -0.15) is 9.67 Å². The largest absolute Gasteiger partial charge is 0.492 e. The fourth-order valence-corrected chi connectivity index (χ4v) is 2.67. The number of nitrogens with zero attached hydrogens (tertiary/aromatic N) is 4. The molecule has 1 aromatic heterocycles. The highest BCUT2D eigenvalue weighted by atomic mass is 16.5. The average Bonchev–Trinajstić information content (AvgIpc) is 3.19. The summed E-state index contributed by atoms with van der Waals surface area (Å²) in [5.41, 5.74) is 6.43. The first-order chi connectivity index (χ1) is 11.6. The predicted molar refractivity (Wildman–Crippen MR) is 91.6 cm³/mol. The Morgan fingerprint density at radius 3 is 2.62 bits per heavy atom. The molecule has 8 heteroatoms. The van der Waals surface area contributed by atoms with E-state index in [2.05, 4.69) is 20.3 Å². The highest BCUT2D eigenvalue weighted by Crippen LogP contribution is 2.19. The summed E-state index contributed by atoms with van der Waals surface area (Å²) in [6, 6.07) is 7.51. The first-order valence-corrected chi connectivity index (χ1v) is 8.07. The van der Waals surface area contributed by atoms with Crippen LogP contribution in [0.1, 0.15) is 24.6 Å². The highest BCUT2D eigenvalue weighted by molar-refractivity contribution is 5.78. The SMILES string of the molecule is CC(=O)n1nc(Nc2ccc(OCCN3CCCC3)cc2)nc1N. The van der Waals surface area contributed by atoms with Gasteiger partial charge in [0.2, 0.25) is 17.8 Å². The quantitative estimate of drug-likeness (QED) is 0.832. The molecule has 0 saturated carbocycles. The lowest BCUT2D eigenvalue weighted by molar-refractivity contribution is 0.0924. The second-order valence-corrected chi connectivity index (χ2v) is 5.77. The molecule has 8 nitrogen and oxygen atoms in total. The minimum atomic E-state index is -0.283. The van der Waals surface area contributed by atoms with Gasteiger partial charge in [-0.05, 0) is 50.2 Å². The zero-order chi connectivity index (χ0) is 16.9. The van der Waals surface area contributed by atoms with Crippen LogP contribution in [0.4, 0.5) is 17.6 Å². The molecule has 2 aromatic rings. The van der Waals surface area contributed by atoms with Crippen molar-refractivity contribution < 1.29 is 9.53 Å². The van der Waals surface area contributed by atoms with Crippen molar-refractivity contribution in [3.63, 3.8) is 0 Å². The van der Waals surface area contributed by atoms with Gasteiger partial charge in [0.1, 0.15) is 12.4 Å². The molecule has 0 radical (unpaired) electrons. The van der Waals surface area contributed by atoms with E-state index < -0.39 is 0 Å². The van der Waals surface area contributed by atoms with Gasteiger partial charge in [-0.15, -0.1) is 5.10 Å². The van der Waals surface area contributed by atoms with Crippen molar-refractivity contribution in [1.82, 2.24) is 19.7 Å². The normalized spacial score (nSPS) is 14.7. The van der Waals surface area contributed by atoms with Crippen molar-refractivity contribution in [2.45, 2.75) is 19.8 Å². The number of ether oxygens (including phenoxy) is 1. The van der Waals surface area contributed by atoms with Crippen LogP contribution < -0.4 is 15.8 Å². The number of anilines is 3. The Labute approximate surface area is 140 Å². The molecule has 1 saturated heterocycles. The third-order valence-electron chi connectivity index (χ3n) is 3.92. The second-order valence-electron chi connectivity index (χ2n) is 5.77. The van der Waals surface area contributed by atoms with E-state index in [1.54, 1.807) is 0 Å². The van der Waals surface area contributed by atoms with E-state index in [9.17, 15) is 4.79 Å². The van der Waals surface area contributed by atoms with Gasteiger partial charge in [-0.1, -0.05) is 0 Å². The number of hydrogen-bond acceptors (Lipinski definition) is 7. The summed E-state index contributed by atoms with van der Waals surface area (Å²) < 4.78 is 6.81. The van der Waals surface area contributed by atoms with E-state index in [-0.39, 0.29) is 17.8 Å². The zero-order valence-electron chi connectivity index (χ0n) is 13.7. The third kappa shape index (κ3) is 4.02. The van der Waals surface area contributed by atoms with Gasteiger partial charge in [-0.3, -0.25) is 9.69 Å². The van der Waals surface area contributed by atoms with Gasteiger partial charge >= 0.3 is 0 Å². The molecule has 128 valence electrons. The van der Waals surface area contributed by atoms with Crippen LogP contribution in [-0.2, 0) is 0 Å². The Hall–Kier alpha value is -2.61. The van der Waals surface area contributed by atoms with Gasteiger partial charge in [0.05, 0.1) is 0 Å². The lowest BCUT2D eigenvalue weighted by atomic mass is 10.3. The standard InChI is InChI=1S/C16H22N6O2/c1-12(23)22-15(17)19-16(20-22)18-13-4-6-14(7-5-13)24-11-10-21-8-2-3-9-21/h4-7H,2-3,8-11H2,1H3,(H3,17,18,19,20). The summed E-state index contributed by atoms with van der Waals surface area (Å²) in [5.74, 6) is 0.883. The molecule has 2 heterocycles. The molecule has 1 aromatic carbocycles. The fraction of sp³-hybridized carbons (Fsp3) is 0.438. The molecule has 24 heavy (non-hydrogen) atoms. The Kier molecular flexibility index (Phi) is 4.95. The summed E-state index contributed by atoms with van der Waals surface area (Å²) in [5, 5.41) is 7.01. The molecule has 0 aliphatic carbocycles. The van der Waals surface area contributed by atoms with Crippen LogP contribution in [0.5, 0.6) is 5.75 Å². The van der Waals surface area contributed by atoms with Crippen LogP contribution in [0.3, 0.4) is 0 Å². The van der Waals surface area contributed by atoms with Gasteiger partial charge in [0, 0.05) is 19.2 Å². The van der Waals surface area contributed by atoms with Crippen molar-refractivity contribution in [1.29, 1.82) is 0 Å². The smallest absolute Gasteiger partial charge is 0.248 e. The number of hydrogen-bond donors (Lipinski definition) is 2. The molecular formula is C16H22N6O2. The maximum Gasteiger partial charge on any atom is 0.248 e. The van der Waals surface area contributed by atoms with E-state index in [4.69, 9.17) is 10.5 Å². The van der Waals surface area contributed by atoms with Crippen molar-refractivity contribution >= 4 is 23.5 Å². The molecule has 0 amide bonds. The monoisotopic (exact) mass is 330 g/mol. The molecule has 1 aliphatic heterocycles. The summed E-state index contributed by atoms with van der Waals surface area (Å²) in [6.07, 6.45) is 2.58. The second kappa shape index (κ2) is 7.31. The van der Waals surface area contributed by atoms with Crippen LogP contribution in [0.25, 0.3) is 0 Å². The maximum absolute atomic E-state index is 11.3. The van der Waals surface area contributed by atoms with E-state index >= 15 is 0 Å². The molecule has 0 spiro atoms. The summed E-state index contributed by atoms with van der Waals surface area (Å²) in [6.45, 7) is 5.38.